The highest BCUT2D eigenvalue weighted by atomic mass is 32.2. The Morgan fingerprint density at radius 3 is 3.27 bits per heavy atom. The van der Waals surface area contributed by atoms with Gasteiger partial charge >= 0.3 is 0 Å². The Kier molecular flexibility index (Phi) is 4.02. The topological polar surface area (TPSA) is 48.1 Å². The maximum Gasteiger partial charge on any atom is 0.150 e. The lowest BCUT2D eigenvalue weighted by Gasteiger charge is -2.15. The van der Waals surface area contributed by atoms with Crippen molar-refractivity contribution < 1.29 is 4.74 Å². The second-order valence-corrected chi connectivity index (χ2v) is 5.98. The van der Waals surface area contributed by atoms with Crippen LogP contribution in [0.2, 0.25) is 0 Å². The van der Waals surface area contributed by atoms with Crippen molar-refractivity contribution in [1.29, 1.82) is 0 Å². The SMILES string of the molecule is Cc1csc(SCC(N)C2CCOC2)n1. The maximum absolute atomic E-state index is 6.11. The smallest absolute Gasteiger partial charge is 0.150 e. The molecule has 0 saturated carbocycles. The molecule has 0 bridgehead atoms. The minimum absolute atomic E-state index is 0.238. The highest BCUT2D eigenvalue weighted by molar-refractivity contribution is 8.01. The molecule has 84 valence electrons. The van der Waals surface area contributed by atoms with Crippen LogP contribution in [-0.4, -0.2) is 30.0 Å². The van der Waals surface area contributed by atoms with Gasteiger partial charge in [-0.1, -0.05) is 11.8 Å². The molecule has 2 N–H and O–H groups in total. The van der Waals surface area contributed by atoms with Gasteiger partial charge in [0.25, 0.3) is 0 Å². The lowest BCUT2D eigenvalue weighted by Crippen LogP contribution is -2.32. The summed E-state index contributed by atoms with van der Waals surface area (Å²) in [6.45, 7) is 3.73. The molecular formula is C10H16N2OS2. The van der Waals surface area contributed by atoms with Gasteiger partial charge in [-0.05, 0) is 13.3 Å². The van der Waals surface area contributed by atoms with Crippen LogP contribution in [-0.2, 0) is 4.74 Å². The monoisotopic (exact) mass is 244 g/mol. The van der Waals surface area contributed by atoms with E-state index in [-0.39, 0.29) is 6.04 Å². The number of rotatable bonds is 4. The summed E-state index contributed by atoms with van der Waals surface area (Å²) in [4.78, 5) is 4.40. The van der Waals surface area contributed by atoms with Gasteiger partial charge in [-0.3, -0.25) is 0 Å². The van der Waals surface area contributed by atoms with Gasteiger partial charge in [0.05, 0.1) is 6.61 Å². The third-order valence-electron chi connectivity index (χ3n) is 2.57. The molecule has 0 radical (unpaired) electrons. The van der Waals surface area contributed by atoms with Crippen molar-refractivity contribution in [3.63, 3.8) is 0 Å². The van der Waals surface area contributed by atoms with Crippen LogP contribution in [0.25, 0.3) is 0 Å². The predicted octanol–water partition coefficient (Wildman–Crippen LogP) is 1.91. The first-order chi connectivity index (χ1) is 7.25. The molecule has 0 aromatic carbocycles. The first-order valence-electron chi connectivity index (χ1n) is 5.14. The average molecular weight is 244 g/mol. The summed E-state index contributed by atoms with van der Waals surface area (Å²) in [5, 5.41) is 2.08. The number of ether oxygens (including phenoxy) is 1. The lowest BCUT2D eigenvalue weighted by molar-refractivity contribution is 0.182. The van der Waals surface area contributed by atoms with Crippen molar-refractivity contribution in [2.45, 2.75) is 23.7 Å². The largest absolute Gasteiger partial charge is 0.381 e. The van der Waals surface area contributed by atoms with E-state index in [0.717, 1.165) is 35.4 Å². The zero-order valence-electron chi connectivity index (χ0n) is 8.81. The molecule has 5 heteroatoms. The number of aromatic nitrogens is 1. The molecule has 2 atom stereocenters. The Bertz CT molecular complexity index is 310. The van der Waals surface area contributed by atoms with Gasteiger partial charge in [0.15, 0.2) is 0 Å². The molecule has 2 unspecified atom stereocenters. The Hall–Kier alpha value is -0.100. The molecule has 0 spiro atoms. The number of thiazole rings is 1. The number of hydrogen-bond acceptors (Lipinski definition) is 5. The first-order valence-corrected chi connectivity index (χ1v) is 7.00. The molecule has 1 aromatic heterocycles. The maximum atomic E-state index is 6.11. The van der Waals surface area contributed by atoms with Gasteiger partial charge in [0.2, 0.25) is 0 Å². The predicted molar refractivity (Wildman–Crippen MR) is 64.5 cm³/mol. The van der Waals surface area contributed by atoms with Crippen LogP contribution >= 0.6 is 23.1 Å². The van der Waals surface area contributed by atoms with E-state index in [1.54, 1.807) is 23.1 Å². The van der Waals surface area contributed by atoms with Crippen molar-refractivity contribution >= 4 is 23.1 Å². The van der Waals surface area contributed by atoms with Crippen molar-refractivity contribution in [2.75, 3.05) is 19.0 Å². The van der Waals surface area contributed by atoms with Gasteiger partial charge in [-0.15, -0.1) is 11.3 Å². The molecule has 0 aliphatic carbocycles. The van der Waals surface area contributed by atoms with Crippen molar-refractivity contribution in [3.8, 4) is 0 Å². The molecule has 0 amide bonds. The second-order valence-electron chi connectivity index (χ2n) is 3.85. The number of hydrogen-bond donors (Lipinski definition) is 1. The van der Waals surface area contributed by atoms with E-state index in [4.69, 9.17) is 10.5 Å². The molecule has 2 heterocycles. The summed E-state index contributed by atoms with van der Waals surface area (Å²) in [5.74, 6) is 1.49. The highest BCUT2D eigenvalue weighted by Gasteiger charge is 2.22. The Morgan fingerprint density at radius 1 is 1.80 bits per heavy atom. The standard InChI is InChI=1S/C10H16N2OS2/c1-7-5-14-10(12-7)15-6-9(11)8-2-3-13-4-8/h5,8-9H,2-4,6,11H2,1H3. The summed E-state index contributed by atoms with van der Waals surface area (Å²) < 4.78 is 6.46. The van der Waals surface area contributed by atoms with Crippen LogP contribution in [0.1, 0.15) is 12.1 Å². The van der Waals surface area contributed by atoms with Crippen LogP contribution in [0, 0.1) is 12.8 Å². The fourth-order valence-electron chi connectivity index (χ4n) is 1.59. The summed E-state index contributed by atoms with van der Waals surface area (Å²) >= 11 is 3.46. The van der Waals surface area contributed by atoms with E-state index in [9.17, 15) is 0 Å². The van der Waals surface area contributed by atoms with Crippen molar-refractivity contribution in [2.24, 2.45) is 11.7 Å². The highest BCUT2D eigenvalue weighted by Crippen LogP contribution is 2.25. The summed E-state index contributed by atoms with van der Waals surface area (Å²) in [5.41, 5.74) is 7.21. The van der Waals surface area contributed by atoms with Gasteiger partial charge in [0.1, 0.15) is 4.34 Å². The fraction of sp³-hybridized carbons (Fsp3) is 0.700. The number of aryl methyl sites for hydroxylation is 1. The molecule has 2 rings (SSSR count). The quantitative estimate of drug-likeness (QED) is 0.822. The summed E-state index contributed by atoms with van der Waals surface area (Å²) in [6.07, 6.45) is 1.11. The third kappa shape index (κ3) is 3.17. The first kappa shape index (κ1) is 11.4. The van der Waals surface area contributed by atoms with Crippen LogP contribution in [0.5, 0.6) is 0 Å². The Morgan fingerprint density at radius 2 is 2.67 bits per heavy atom. The molecule has 3 nitrogen and oxygen atoms in total. The van der Waals surface area contributed by atoms with Gasteiger partial charge < -0.3 is 10.5 Å². The Balaban J connectivity index is 1.77. The third-order valence-corrected chi connectivity index (χ3v) is 4.85. The summed E-state index contributed by atoms with van der Waals surface area (Å²) in [6, 6.07) is 0.238. The molecule has 15 heavy (non-hydrogen) atoms. The zero-order valence-corrected chi connectivity index (χ0v) is 10.4. The van der Waals surface area contributed by atoms with E-state index in [0.29, 0.717) is 5.92 Å². The number of thioether (sulfide) groups is 1. The lowest BCUT2D eigenvalue weighted by atomic mass is 10.0. The van der Waals surface area contributed by atoms with Crippen LogP contribution < -0.4 is 5.73 Å². The van der Waals surface area contributed by atoms with Crippen LogP contribution in [0.4, 0.5) is 0 Å². The van der Waals surface area contributed by atoms with Crippen molar-refractivity contribution in [1.82, 2.24) is 4.98 Å². The average Bonchev–Trinajstić information content (AvgIpc) is 2.84. The molecule has 1 aliphatic rings. The van der Waals surface area contributed by atoms with E-state index < -0.39 is 0 Å². The van der Waals surface area contributed by atoms with Gasteiger partial charge in [-0.2, -0.15) is 0 Å². The second kappa shape index (κ2) is 5.30. The zero-order chi connectivity index (χ0) is 10.7. The van der Waals surface area contributed by atoms with Gasteiger partial charge in [-0.25, -0.2) is 4.98 Å². The Labute approximate surface area is 98.4 Å². The summed E-state index contributed by atoms with van der Waals surface area (Å²) in [7, 11) is 0. The number of nitrogens with zero attached hydrogens (tertiary/aromatic N) is 1. The van der Waals surface area contributed by atoms with Crippen LogP contribution in [0.3, 0.4) is 0 Å². The minimum Gasteiger partial charge on any atom is -0.381 e. The molecule has 1 aliphatic heterocycles. The molecule has 1 saturated heterocycles. The van der Waals surface area contributed by atoms with E-state index >= 15 is 0 Å². The fourth-order valence-corrected chi connectivity index (χ4v) is 3.55. The van der Waals surface area contributed by atoms with E-state index in [2.05, 4.69) is 10.4 Å². The number of nitrogens with two attached hydrogens (primary N) is 1. The van der Waals surface area contributed by atoms with E-state index in [1.807, 2.05) is 6.92 Å². The molecular weight excluding hydrogens is 228 g/mol. The normalized spacial score (nSPS) is 23.2. The molecule has 1 fully saturated rings. The van der Waals surface area contributed by atoms with E-state index in [1.165, 1.54) is 0 Å². The van der Waals surface area contributed by atoms with Crippen molar-refractivity contribution in [3.05, 3.63) is 11.1 Å². The van der Waals surface area contributed by atoms with Crippen LogP contribution in [0.15, 0.2) is 9.72 Å². The minimum atomic E-state index is 0.238. The van der Waals surface area contributed by atoms with Gasteiger partial charge in [0, 0.05) is 35.4 Å². The molecule has 1 aromatic rings.